The van der Waals surface area contributed by atoms with Gasteiger partial charge in [-0.1, -0.05) is 23.7 Å². The number of fused-ring (bicyclic) bond motifs is 1. The normalized spacial score (nSPS) is 15.3. The third kappa shape index (κ3) is 4.03. The van der Waals surface area contributed by atoms with Crippen LogP contribution in [-0.2, 0) is 0 Å². The summed E-state index contributed by atoms with van der Waals surface area (Å²) in [4.78, 5) is 15.4. The van der Waals surface area contributed by atoms with E-state index in [1.807, 2.05) is 18.2 Å². The molecule has 0 fully saturated rings. The number of carbonyl (C=O) groups is 1. The van der Waals surface area contributed by atoms with E-state index in [1.54, 1.807) is 0 Å². The van der Waals surface area contributed by atoms with Gasteiger partial charge in [0.2, 0.25) is 0 Å². The molecular formula is C22H18ClFN2O3. The number of aromatic carboxylic acids is 1. The molecular weight excluding hydrogens is 395 g/mol. The van der Waals surface area contributed by atoms with E-state index < -0.39 is 5.97 Å². The van der Waals surface area contributed by atoms with E-state index in [0.717, 1.165) is 23.3 Å². The van der Waals surface area contributed by atoms with Gasteiger partial charge in [0.25, 0.3) is 0 Å². The first kappa shape index (κ1) is 19.2. The fourth-order valence-corrected chi connectivity index (χ4v) is 3.74. The van der Waals surface area contributed by atoms with Gasteiger partial charge in [-0.3, -0.25) is 4.98 Å². The zero-order valence-electron chi connectivity index (χ0n) is 15.4. The Morgan fingerprint density at radius 3 is 2.97 bits per heavy atom. The van der Waals surface area contributed by atoms with Crippen LogP contribution >= 0.6 is 11.6 Å². The second kappa shape index (κ2) is 8.09. The average Bonchev–Trinajstić information content (AvgIpc) is 2.73. The Morgan fingerprint density at radius 2 is 2.14 bits per heavy atom. The van der Waals surface area contributed by atoms with E-state index in [4.69, 9.17) is 16.3 Å². The number of carboxylic acid groups (broad SMARTS) is 1. The molecule has 0 spiro atoms. The highest BCUT2D eigenvalue weighted by Gasteiger charge is 2.23. The Morgan fingerprint density at radius 1 is 1.28 bits per heavy atom. The van der Waals surface area contributed by atoms with Gasteiger partial charge in [-0.15, -0.1) is 0 Å². The number of pyridine rings is 1. The van der Waals surface area contributed by atoms with E-state index in [-0.39, 0.29) is 17.3 Å². The summed E-state index contributed by atoms with van der Waals surface area (Å²) in [5, 5.41) is 13.0. The Kier molecular flexibility index (Phi) is 5.36. The van der Waals surface area contributed by atoms with Gasteiger partial charge in [0, 0.05) is 29.2 Å². The number of hydrogen-bond donors (Lipinski definition) is 2. The largest absolute Gasteiger partial charge is 0.493 e. The van der Waals surface area contributed by atoms with Gasteiger partial charge in [0.05, 0.1) is 24.1 Å². The minimum absolute atomic E-state index is 0.137. The molecule has 5 nitrogen and oxygen atoms in total. The van der Waals surface area contributed by atoms with Gasteiger partial charge in [0.15, 0.2) is 0 Å². The van der Waals surface area contributed by atoms with E-state index in [1.165, 1.54) is 36.7 Å². The number of rotatable bonds is 5. The number of anilines is 1. The van der Waals surface area contributed by atoms with Gasteiger partial charge in [-0.05, 0) is 47.9 Å². The smallest absolute Gasteiger partial charge is 0.337 e. The predicted octanol–water partition coefficient (Wildman–Crippen LogP) is 5.22. The third-order valence-electron chi connectivity index (χ3n) is 5.01. The van der Waals surface area contributed by atoms with Crippen molar-refractivity contribution in [1.82, 2.24) is 4.98 Å². The molecule has 0 bridgehead atoms. The molecule has 1 aliphatic rings. The van der Waals surface area contributed by atoms with Crippen molar-refractivity contribution in [2.24, 2.45) is 0 Å². The first-order valence-corrected chi connectivity index (χ1v) is 9.54. The van der Waals surface area contributed by atoms with Crippen molar-refractivity contribution < 1.29 is 19.0 Å². The molecule has 3 aromatic rings. The van der Waals surface area contributed by atoms with Gasteiger partial charge >= 0.3 is 5.97 Å². The molecule has 4 rings (SSSR count). The molecule has 2 N–H and O–H groups in total. The molecule has 0 saturated carbocycles. The molecule has 0 aliphatic carbocycles. The van der Waals surface area contributed by atoms with Crippen LogP contribution in [0.5, 0.6) is 5.75 Å². The first-order valence-electron chi connectivity index (χ1n) is 9.16. The molecule has 1 unspecified atom stereocenters. The SMILES string of the molecule is O=C(O)c1ccncc1NCC1CCOc2cc(-c3cc(F)ccc3Cl)ccc21. The lowest BCUT2D eigenvalue weighted by Gasteiger charge is -2.27. The molecule has 1 atom stereocenters. The van der Waals surface area contributed by atoms with Gasteiger partial charge in [-0.25, -0.2) is 9.18 Å². The predicted molar refractivity (Wildman–Crippen MR) is 109 cm³/mol. The van der Waals surface area contributed by atoms with Crippen LogP contribution in [0.3, 0.4) is 0 Å². The Bertz CT molecular complexity index is 1070. The highest BCUT2D eigenvalue weighted by molar-refractivity contribution is 6.33. The van der Waals surface area contributed by atoms with Gasteiger partial charge in [-0.2, -0.15) is 0 Å². The van der Waals surface area contributed by atoms with Gasteiger partial charge < -0.3 is 15.2 Å². The molecule has 2 heterocycles. The van der Waals surface area contributed by atoms with Crippen molar-refractivity contribution in [1.29, 1.82) is 0 Å². The summed E-state index contributed by atoms with van der Waals surface area (Å²) in [6, 6.07) is 11.5. The standard InChI is InChI=1S/C22H18ClFN2O3/c23-19-4-2-15(24)10-18(19)13-1-3-16-14(6-8-29-21(16)9-13)11-26-20-12-25-7-5-17(20)22(27)28/h1-5,7,9-10,12,14,26H,6,8,11H2,(H,27,28). The number of benzene rings is 2. The first-order chi connectivity index (χ1) is 14.0. The maximum absolute atomic E-state index is 13.6. The molecule has 1 aromatic heterocycles. The molecule has 0 saturated heterocycles. The van der Waals surface area contributed by atoms with E-state index in [9.17, 15) is 14.3 Å². The lowest BCUT2D eigenvalue weighted by Crippen LogP contribution is -2.21. The summed E-state index contributed by atoms with van der Waals surface area (Å²) in [7, 11) is 0. The lowest BCUT2D eigenvalue weighted by molar-refractivity contribution is 0.0697. The lowest BCUT2D eigenvalue weighted by atomic mass is 9.91. The van der Waals surface area contributed by atoms with Crippen molar-refractivity contribution in [3.05, 3.63) is 76.8 Å². The second-order valence-electron chi connectivity index (χ2n) is 6.82. The number of aromatic nitrogens is 1. The molecule has 29 heavy (non-hydrogen) atoms. The van der Waals surface area contributed by atoms with Crippen molar-refractivity contribution in [2.75, 3.05) is 18.5 Å². The minimum Gasteiger partial charge on any atom is -0.493 e. The molecule has 0 radical (unpaired) electrons. The van der Waals surface area contributed by atoms with Crippen LogP contribution in [0.25, 0.3) is 11.1 Å². The summed E-state index contributed by atoms with van der Waals surface area (Å²) in [5.41, 5.74) is 3.07. The van der Waals surface area contributed by atoms with Crippen molar-refractivity contribution in [2.45, 2.75) is 12.3 Å². The summed E-state index contributed by atoms with van der Waals surface area (Å²) < 4.78 is 19.5. The van der Waals surface area contributed by atoms with Crippen LogP contribution in [0, 0.1) is 5.82 Å². The Hall–Kier alpha value is -3.12. The number of ether oxygens (including phenoxy) is 1. The second-order valence-corrected chi connectivity index (χ2v) is 7.23. The third-order valence-corrected chi connectivity index (χ3v) is 5.34. The quantitative estimate of drug-likeness (QED) is 0.601. The average molecular weight is 413 g/mol. The zero-order chi connectivity index (χ0) is 20.4. The fraction of sp³-hybridized carbons (Fsp3) is 0.182. The van der Waals surface area contributed by atoms with Crippen LogP contribution in [0.4, 0.5) is 10.1 Å². The highest BCUT2D eigenvalue weighted by atomic mass is 35.5. The topological polar surface area (TPSA) is 71.5 Å². The van der Waals surface area contributed by atoms with E-state index in [2.05, 4.69) is 10.3 Å². The number of hydrogen-bond acceptors (Lipinski definition) is 4. The summed E-state index contributed by atoms with van der Waals surface area (Å²) in [6.45, 7) is 1.08. The van der Waals surface area contributed by atoms with Crippen LogP contribution < -0.4 is 10.1 Å². The molecule has 7 heteroatoms. The molecule has 0 amide bonds. The maximum atomic E-state index is 13.6. The van der Waals surface area contributed by atoms with Crippen molar-refractivity contribution in [3.63, 3.8) is 0 Å². The summed E-state index contributed by atoms with van der Waals surface area (Å²) in [5.74, 6) is -0.488. The molecule has 1 aliphatic heterocycles. The number of nitrogens with zero attached hydrogens (tertiary/aromatic N) is 1. The van der Waals surface area contributed by atoms with Crippen molar-refractivity contribution >= 4 is 23.3 Å². The number of nitrogens with one attached hydrogen (secondary N) is 1. The van der Waals surface area contributed by atoms with Crippen LogP contribution in [0.15, 0.2) is 54.9 Å². The number of halogens is 2. The maximum Gasteiger partial charge on any atom is 0.337 e. The minimum atomic E-state index is -1.00. The summed E-state index contributed by atoms with van der Waals surface area (Å²) >= 11 is 6.23. The van der Waals surface area contributed by atoms with Crippen LogP contribution in [-0.4, -0.2) is 29.2 Å². The zero-order valence-corrected chi connectivity index (χ0v) is 16.1. The number of carboxylic acids is 1. The van der Waals surface area contributed by atoms with Crippen LogP contribution in [0.2, 0.25) is 5.02 Å². The van der Waals surface area contributed by atoms with E-state index in [0.29, 0.717) is 29.4 Å². The summed E-state index contributed by atoms with van der Waals surface area (Å²) in [6.07, 6.45) is 3.76. The Labute approximate surface area is 172 Å². The monoisotopic (exact) mass is 412 g/mol. The van der Waals surface area contributed by atoms with Crippen molar-refractivity contribution in [3.8, 4) is 16.9 Å². The molecule has 148 valence electrons. The van der Waals surface area contributed by atoms with Gasteiger partial charge in [0.1, 0.15) is 11.6 Å². The molecule has 2 aromatic carbocycles. The fourth-order valence-electron chi connectivity index (χ4n) is 3.52. The Balaban J connectivity index is 1.58. The van der Waals surface area contributed by atoms with Crippen LogP contribution in [0.1, 0.15) is 28.3 Å². The van der Waals surface area contributed by atoms with E-state index >= 15 is 0 Å². The highest BCUT2D eigenvalue weighted by Crippen LogP contribution is 2.38.